The quantitative estimate of drug-likeness (QED) is 0.396. The van der Waals surface area contributed by atoms with Crippen molar-refractivity contribution in [2.75, 3.05) is 25.1 Å². The molecule has 2 aromatic carbocycles. The second-order valence-electron chi connectivity index (χ2n) is 7.73. The van der Waals surface area contributed by atoms with Crippen LogP contribution in [-0.2, 0) is 16.7 Å². The molecule has 0 aliphatic rings. The Kier molecular flexibility index (Phi) is 8.89. The summed E-state index contributed by atoms with van der Waals surface area (Å²) in [5.41, 5.74) is 3.55. The molecule has 0 saturated heterocycles. The van der Waals surface area contributed by atoms with E-state index < -0.39 is 11.0 Å². The summed E-state index contributed by atoms with van der Waals surface area (Å²) in [6.07, 6.45) is 1.65. The van der Waals surface area contributed by atoms with E-state index in [1.165, 1.54) is 0 Å². The minimum absolute atomic E-state index is 0.0649. The largest absolute Gasteiger partial charge is 0.492 e. The molecular weight excluding hydrogens is 438 g/mol. The molecule has 33 heavy (non-hydrogen) atoms. The van der Waals surface area contributed by atoms with E-state index >= 15 is 0 Å². The van der Waals surface area contributed by atoms with Gasteiger partial charge in [0.1, 0.15) is 11.8 Å². The van der Waals surface area contributed by atoms with Gasteiger partial charge >= 0.3 is 0 Å². The number of aliphatic hydroxyl groups excluding tert-OH is 1. The van der Waals surface area contributed by atoms with E-state index in [0.717, 1.165) is 16.8 Å². The van der Waals surface area contributed by atoms with Crippen LogP contribution in [0.3, 0.4) is 0 Å². The van der Waals surface area contributed by atoms with Crippen molar-refractivity contribution in [3.05, 3.63) is 65.9 Å². The Morgan fingerprint density at radius 3 is 2.82 bits per heavy atom. The Morgan fingerprint density at radius 1 is 1.21 bits per heavy atom. The van der Waals surface area contributed by atoms with Gasteiger partial charge in [-0.05, 0) is 47.9 Å². The number of nitrogens with zero attached hydrogens (tertiary/aromatic N) is 3. The molecule has 1 aromatic heterocycles. The number of ether oxygens (including phenoxy) is 1. The minimum Gasteiger partial charge on any atom is -0.492 e. The van der Waals surface area contributed by atoms with Crippen LogP contribution < -0.4 is 14.8 Å². The van der Waals surface area contributed by atoms with Gasteiger partial charge in [-0.1, -0.05) is 26.0 Å². The highest BCUT2D eigenvalue weighted by atomic mass is 32.2. The number of rotatable bonds is 11. The molecule has 0 radical (unpaired) electrons. The highest BCUT2D eigenvalue weighted by Crippen LogP contribution is 2.26. The zero-order valence-corrected chi connectivity index (χ0v) is 19.4. The zero-order valence-electron chi connectivity index (χ0n) is 18.6. The van der Waals surface area contributed by atoms with Crippen molar-refractivity contribution < 1.29 is 14.1 Å². The van der Waals surface area contributed by atoms with Crippen LogP contribution >= 0.6 is 0 Å². The second-order valence-corrected chi connectivity index (χ2v) is 8.99. The van der Waals surface area contributed by atoms with E-state index in [0.29, 0.717) is 41.2 Å². The number of aromatic nitrogens is 2. The van der Waals surface area contributed by atoms with E-state index in [1.54, 1.807) is 24.4 Å². The SMILES string of the molecule is CC(C)COc1ccc(-c2ccnc(Nc3cccc(CS(=O)NCCO)c3)n2)cc1C#N. The molecule has 0 spiro atoms. The maximum atomic E-state index is 12.0. The molecular formula is C24H27N5O3S. The summed E-state index contributed by atoms with van der Waals surface area (Å²) in [6.45, 7) is 4.87. The third-order valence-corrected chi connectivity index (χ3v) is 5.60. The first-order chi connectivity index (χ1) is 16.0. The molecule has 3 N–H and O–H groups in total. The van der Waals surface area contributed by atoms with Crippen molar-refractivity contribution in [3.8, 4) is 23.1 Å². The molecule has 1 unspecified atom stereocenters. The van der Waals surface area contributed by atoms with Crippen molar-refractivity contribution in [2.24, 2.45) is 5.92 Å². The van der Waals surface area contributed by atoms with Crippen LogP contribution in [0.2, 0.25) is 0 Å². The molecule has 172 valence electrons. The van der Waals surface area contributed by atoms with Gasteiger partial charge < -0.3 is 15.2 Å². The lowest BCUT2D eigenvalue weighted by Gasteiger charge is -2.12. The summed E-state index contributed by atoms with van der Waals surface area (Å²) in [6, 6.07) is 16.9. The lowest BCUT2D eigenvalue weighted by Crippen LogP contribution is -2.22. The maximum Gasteiger partial charge on any atom is 0.227 e. The summed E-state index contributed by atoms with van der Waals surface area (Å²) in [7, 11) is -1.27. The first-order valence-corrected chi connectivity index (χ1v) is 11.9. The molecule has 9 heteroatoms. The molecule has 3 aromatic rings. The Hall–Kier alpha value is -3.32. The predicted octanol–water partition coefficient (Wildman–Crippen LogP) is 3.54. The van der Waals surface area contributed by atoms with Crippen LogP contribution in [0.1, 0.15) is 25.0 Å². The summed E-state index contributed by atoms with van der Waals surface area (Å²) in [5.74, 6) is 1.65. The number of anilines is 2. The minimum atomic E-state index is -1.27. The molecule has 1 atom stereocenters. The van der Waals surface area contributed by atoms with Gasteiger partial charge in [0.05, 0.1) is 41.2 Å². The maximum absolute atomic E-state index is 12.0. The van der Waals surface area contributed by atoms with Gasteiger partial charge in [0.25, 0.3) is 0 Å². The van der Waals surface area contributed by atoms with E-state index in [4.69, 9.17) is 9.84 Å². The predicted molar refractivity (Wildman–Crippen MR) is 129 cm³/mol. The van der Waals surface area contributed by atoms with E-state index in [1.807, 2.05) is 30.3 Å². The van der Waals surface area contributed by atoms with Gasteiger partial charge in [-0.15, -0.1) is 0 Å². The normalized spacial score (nSPS) is 11.7. The van der Waals surface area contributed by atoms with E-state index in [2.05, 4.69) is 39.9 Å². The molecule has 1 heterocycles. The van der Waals surface area contributed by atoms with Crippen LogP contribution in [0.25, 0.3) is 11.3 Å². The summed E-state index contributed by atoms with van der Waals surface area (Å²) in [4.78, 5) is 8.86. The first kappa shape index (κ1) is 24.3. The van der Waals surface area contributed by atoms with Crippen molar-refractivity contribution >= 4 is 22.6 Å². The van der Waals surface area contributed by atoms with Gasteiger partial charge in [-0.25, -0.2) is 18.9 Å². The Labute approximate surface area is 196 Å². The summed E-state index contributed by atoms with van der Waals surface area (Å²) in [5, 5.41) is 21.5. The van der Waals surface area contributed by atoms with Crippen LogP contribution in [0, 0.1) is 17.2 Å². The average molecular weight is 466 g/mol. The first-order valence-electron chi connectivity index (χ1n) is 10.6. The Balaban J connectivity index is 1.75. The number of benzene rings is 2. The number of hydrogen-bond acceptors (Lipinski definition) is 7. The van der Waals surface area contributed by atoms with Crippen LogP contribution in [-0.4, -0.2) is 39.0 Å². The highest BCUT2D eigenvalue weighted by molar-refractivity contribution is 7.82. The smallest absolute Gasteiger partial charge is 0.227 e. The average Bonchev–Trinajstić information content (AvgIpc) is 2.81. The van der Waals surface area contributed by atoms with Crippen LogP contribution in [0.4, 0.5) is 11.6 Å². The van der Waals surface area contributed by atoms with Crippen molar-refractivity contribution in [1.29, 1.82) is 5.26 Å². The van der Waals surface area contributed by atoms with Gasteiger partial charge in [0.15, 0.2) is 0 Å². The summed E-state index contributed by atoms with van der Waals surface area (Å²) < 4.78 is 20.5. The molecule has 0 amide bonds. The third-order valence-electron chi connectivity index (χ3n) is 4.48. The fourth-order valence-electron chi connectivity index (χ4n) is 2.97. The number of nitrogens with one attached hydrogen (secondary N) is 2. The molecule has 0 aliphatic heterocycles. The highest BCUT2D eigenvalue weighted by Gasteiger charge is 2.10. The lowest BCUT2D eigenvalue weighted by molar-refractivity contribution is 0.270. The van der Waals surface area contributed by atoms with Gasteiger partial charge in [-0.3, -0.25) is 0 Å². The standard InChI is InChI=1S/C24H27N5O3S/c1-17(2)15-32-23-7-6-19(13-20(23)14-25)22-8-9-26-24(29-22)28-21-5-3-4-18(12-21)16-33(31)27-10-11-30/h3-9,12-13,17,27,30H,10-11,15-16H2,1-2H3,(H,26,28,29). The fraction of sp³-hybridized carbons (Fsp3) is 0.292. The van der Waals surface area contributed by atoms with Crippen molar-refractivity contribution in [1.82, 2.24) is 14.7 Å². The van der Waals surface area contributed by atoms with Gasteiger partial charge in [-0.2, -0.15) is 5.26 Å². The molecule has 0 fully saturated rings. The zero-order chi connectivity index (χ0) is 23.6. The molecule has 0 aliphatic carbocycles. The van der Waals surface area contributed by atoms with Crippen molar-refractivity contribution in [3.63, 3.8) is 0 Å². The van der Waals surface area contributed by atoms with Gasteiger partial charge in [0, 0.05) is 24.0 Å². The Morgan fingerprint density at radius 2 is 2.06 bits per heavy atom. The van der Waals surface area contributed by atoms with Gasteiger partial charge in [0.2, 0.25) is 5.95 Å². The molecule has 0 saturated carbocycles. The van der Waals surface area contributed by atoms with E-state index in [-0.39, 0.29) is 13.2 Å². The Bertz CT molecular complexity index is 1150. The fourth-order valence-corrected chi connectivity index (χ4v) is 3.87. The number of hydrogen-bond donors (Lipinski definition) is 3. The van der Waals surface area contributed by atoms with Crippen molar-refractivity contribution in [2.45, 2.75) is 19.6 Å². The molecule has 3 rings (SSSR count). The topological polar surface area (TPSA) is 120 Å². The number of aliphatic hydroxyl groups is 1. The summed E-state index contributed by atoms with van der Waals surface area (Å²) >= 11 is 0. The van der Waals surface area contributed by atoms with Crippen LogP contribution in [0.5, 0.6) is 5.75 Å². The monoisotopic (exact) mass is 465 g/mol. The van der Waals surface area contributed by atoms with E-state index in [9.17, 15) is 9.47 Å². The third kappa shape index (κ3) is 7.36. The second kappa shape index (κ2) is 12.1. The molecule has 8 nitrogen and oxygen atoms in total. The number of nitriles is 1. The lowest BCUT2D eigenvalue weighted by atomic mass is 10.1. The molecule has 0 bridgehead atoms. The van der Waals surface area contributed by atoms with Crippen LogP contribution in [0.15, 0.2) is 54.7 Å².